The molecule has 0 unspecified atom stereocenters. The second-order valence-corrected chi connectivity index (χ2v) is 27.9. The molecule has 0 aliphatic heterocycles. The fourth-order valence-corrected chi connectivity index (χ4v) is 13.0. The van der Waals surface area contributed by atoms with E-state index in [2.05, 4.69) is 53.2 Å². The molecule has 0 radical (unpaired) electrons. The van der Waals surface area contributed by atoms with Gasteiger partial charge < -0.3 is 67.7 Å². The molecule has 8 aromatic rings. The average molecular weight is 1480 g/mol. The van der Waals surface area contributed by atoms with Crippen molar-refractivity contribution in [2.45, 2.75) is 134 Å². The lowest BCUT2D eigenvalue weighted by Gasteiger charge is -2.37. The van der Waals surface area contributed by atoms with E-state index in [-0.39, 0.29) is 64.3 Å². The van der Waals surface area contributed by atoms with Gasteiger partial charge in [0.05, 0.1) is 5.52 Å². The fourth-order valence-electron chi connectivity index (χ4n) is 13.0. The first kappa shape index (κ1) is 80.6. The molecule has 1 aliphatic carbocycles. The van der Waals surface area contributed by atoms with Crippen LogP contribution in [0.4, 0.5) is 9.59 Å². The normalized spacial score (nSPS) is 13.1. The van der Waals surface area contributed by atoms with Crippen LogP contribution in [0.3, 0.4) is 0 Å². The number of ether oxygens (including phenoxy) is 2. The monoisotopic (exact) mass is 1480 g/mol. The van der Waals surface area contributed by atoms with E-state index in [4.69, 9.17) is 9.47 Å². The summed E-state index contributed by atoms with van der Waals surface area (Å²) in [5.74, 6) is -8.73. The number of fused-ring (bicyclic) bond motifs is 4. The van der Waals surface area contributed by atoms with E-state index in [1.807, 2.05) is 140 Å². The van der Waals surface area contributed by atoms with E-state index in [9.17, 15) is 43.5 Å². The number of carboxylic acid groups (broad SMARTS) is 1. The molecular formula is C83H93N11O15. The van der Waals surface area contributed by atoms with Crippen molar-refractivity contribution in [3.05, 3.63) is 239 Å². The Morgan fingerprint density at radius 2 is 0.945 bits per heavy atom. The highest BCUT2D eigenvalue weighted by Gasteiger charge is 2.40. The van der Waals surface area contributed by atoms with E-state index >= 15 is 19.2 Å². The summed E-state index contributed by atoms with van der Waals surface area (Å²) in [6.07, 6.45) is -1.95. The summed E-state index contributed by atoms with van der Waals surface area (Å²) in [7, 11) is 0. The van der Waals surface area contributed by atoms with E-state index in [1.165, 1.54) is 17.7 Å². The van der Waals surface area contributed by atoms with Crippen LogP contribution in [0.2, 0.25) is 0 Å². The Morgan fingerprint density at radius 3 is 1.50 bits per heavy atom. The number of hydrogen-bond donors (Lipinski definition) is 11. The molecule has 9 rings (SSSR count). The zero-order chi connectivity index (χ0) is 78.2. The number of alkyl carbamates (subject to hydrolysis) is 1. The summed E-state index contributed by atoms with van der Waals surface area (Å²) >= 11 is 0. The molecule has 0 saturated carbocycles. The first-order valence-corrected chi connectivity index (χ1v) is 36.2. The number of carbonyl (C=O) groups excluding carboxylic acids is 11. The predicted molar refractivity (Wildman–Crippen MR) is 408 cm³/mol. The van der Waals surface area contributed by atoms with Gasteiger partial charge in [-0.05, 0) is 96.2 Å². The topological polar surface area (TPSA) is 369 Å². The number of nitrogens with one attached hydrogen (secondary N) is 10. The molecule has 10 amide bonds. The van der Waals surface area contributed by atoms with Gasteiger partial charge in [-0.3, -0.25) is 52.5 Å². The summed E-state index contributed by atoms with van der Waals surface area (Å²) in [5.41, 5.74) is 5.41. The summed E-state index contributed by atoms with van der Waals surface area (Å²) in [4.78, 5) is 166. The van der Waals surface area contributed by atoms with Gasteiger partial charge >= 0.3 is 18.2 Å². The highest BCUT2D eigenvalue weighted by molar-refractivity contribution is 5.98. The third-order valence-corrected chi connectivity index (χ3v) is 18.3. The fraction of sp³-hybridized carbons (Fsp3) is 0.325. The van der Waals surface area contributed by atoms with Crippen molar-refractivity contribution in [2.75, 3.05) is 32.8 Å². The van der Waals surface area contributed by atoms with E-state index < -0.39 is 138 Å². The lowest BCUT2D eigenvalue weighted by Crippen LogP contribution is -2.59. The lowest BCUT2D eigenvalue weighted by molar-refractivity contribution is -0.139. The maximum atomic E-state index is 15.6. The van der Waals surface area contributed by atoms with Gasteiger partial charge in [0, 0.05) is 75.7 Å². The quantitative estimate of drug-likeness (QED) is 0.0173. The first-order chi connectivity index (χ1) is 52.3. The number of carboxylic acids is 1. The Balaban J connectivity index is 0.921. The molecule has 1 heterocycles. The number of benzene rings is 7. The van der Waals surface area contributed by atoms with Crippen LogP contribution in [0.5, 0.6) is 0 Å². The van der Waals surface area contributed by atoms with Crippen molar-refractivity contribution in [1.82, 2.24) is 57.7 Å². The maximum Gasteiger partial charge on any atom is 0.419 e. The molecule has 11 N–H and O–H groups in total. The van der Waals surface area contributed by atoms with Gasteiger partial charge in [-0.25, -0.2) is 9.59 Å². The van der Waals surface area contributed by atoms with Crippen molar-refractivity contribution in [3.63, 3.8) is 0 Å². The third-order valence-electron chi connectivity index (χ3n) is 18.3. The van der Waals surface area contributed by atoms with E-state index in [1.54, 1.807) is 89.2 Å². The molecule has 7 aromatic carbocycles. The Kier molecular flexibility index (Phi) is 28.2. The van der Waals surface area contributed by atoms with Crippen LogP contribution in [0.1, 0.15) is 119 Å². The zero-order valence-electron chi connectivity index (χ0n) is 61.7. The summed E-state index contributed by atoms with van der Waals surface area (Å²) in [6, 6.07) is 51.7. The number of aliphatic carboxylic acids is 1. The van der Waals surface area contributed by atoms with Crippen LogP contribution in [-0.4, -0.2) is 150 Å². The number of rotatable bonds is 35. The number of carbonyl (C=O) groups is 12. The molecule has 5 atom stereocenters. The molecule has 0 fully saturated rings. The largest absolute Gasteiger partial charge is 0.480 e. The third kappa shape index (κ3) is 22.3. The number of hydrogen-bond acceptors (Lipinski definition) is 14. The van der Waals surface area contributed by atoms with Crippen LogP contribution in [-0.2, 0) is 75.8 Å². The smallest absolute Gasteiger partial charge is 0.419 e. The molecule has 570 valence electrons. The van der Waals surface area contributed by atoms with Crippen molar-refractivity contribution < 1.29 is 72.1 Å². The van der Waals surface area contributed by atoms with Gasteiger partial charge in [0.2, 0.25) is 53.2 Å². The molecule has 0 saturated heterocycles. The minimum Gasteiger partial charge on any atom is -0.480 e. The summed E-state index contributed by atoms with van der Waals surface area (Å²) in [5, 5.41) is 36.7. The molecule has 26 heteroatoms. The van der Waals surface area contributed by atoms with Crippen molar-refractivity contribution >= 4 is 82.2 Å². The number of amides is 10. The van der Waals surface area contributed by atoms with Gasteiger partial charge in [0.25, 0.3) is 0 Å². The van der Waals surface area contributed by atoms with E-state index in [0.717, 1.165) is 22.3 Å². The Hall–Kier alpha value is -12.5. The van der Waals surface area contributed by atoms with Crippen molar-refractivity contribution in [3.8, 4) is 11.1 Å². The van der Waals surface area contributed by atoms with Crippen LogP contribution in [0, 0.1) is 5.92 Å². The summed E-state index contributed by atoms with van der Waals surface area (Å²) in [6.45, 7) is 8.73. The molecule has 1 aliphatic rings. The number of nitrogens with zero attached hydrogens (tertiary/aromatic N) is 1. The number of aromatic nitrogens is 1. The highest BCUT2D eigenvalue weighted by atomic mass is 16.6. The van der Waals surface area contributed by atoms with Gasteiger partial charge in [0.1, 0.15) is 54.5 Å². The average Bonchev–Trinajstić information content (AvgIpc) is 1.56. The highest BCUT2D eigenvalue weighted by Crippen LogP contribution is 2.45. The van der Waals surface area contributed by atoms with Gasteiger partial charge in [0.15, 0.2) is 0 Å². The second-order valence-electron chi connectivity index (χ2n) is 27.9. The molecule has 26 nitrogen and oxygen atoms in total. The van der Waals surface area contributed by atoms with E-state index in [0.29, 0.717) is 38.7 Å². The van der Waals surface area contributed by atoms with Crippen LogP contribution >= 0.6 is 0 Å². The summed E-state index contributed by atoms with van der Waals surface area (Å²) < 4.78 is 12.6. The van der Waals surface area contributed by atoms with Crippen molar-refractivity contribution in [2.24, 2.45) is 5.92 Å². The molecule has 0 bridgehead atoms. The van der Waals surface area contributed by atoms with Crippen LogP contribution in [0.15, 0.2) is 200 Å². The van der Waals surface area contributed by atoms with Crippen LogP contribution < -0.4 is 53.2 Å². The molecule has 109 heavy (non-hydrogen) atoms. The molecular weight excluding hydrogens is 1390 g/mol. The van der Waals surface area contributed by atoms with Gasteiger partial charge in [-0.2, -0.15) is 0 Å². The molecule has 1 aromatic heterocycles. The van der Waals surface area contributed by atoms with Crippen molar-refractivity contribution in [1.29, 1.82) is 0 Å². The SMILES string of the molecule is CC(C)[C@H](NC(=O)[C@H](C)NC(=O)[C@H](Cc1cn(C(=O)OC(C)(C)C)c2ccccc12)NC(=O)[C@H](CCC(=O)NC(c1ccccc1)(c1ccccc1)c1ccccc1)NC(=O)[C@@H](Cc1ccccc1)NC(=O)CCNC(=O)CCNC(=O)CCNC(=O)OCC1c2ccccc2-c2ccccc21)C(=O)NCC(=O)O. The minimum atomic E-state index is -1.68. The maximum absolute atomic E-state index is 15.6. The first-order valence-electron chi connectivity index (χ1n) is 36.2. The Morgan fingerprint density at radius 1 is 0.468 bits per heavy atom. The zero-order valence-corrected chi connectivity index (χ0v) is 61.7. The predicted octanol–water partition coefficient (Wildman–Crippen LogP) is 7.34. The van der Waals surface area contributed by atoms with Gasteiger partial charge in [-0.15, -0.1) is 0 Å². The van der Waals surface area contributed by atoms with Crippen LogP contribution in [0.25, 0.3) is 22.0 Å². The number of para-hydroxylation sites is 1. The lowest BCUT2D eigenvalue weighted by atomic mass is 9.77. The molecule has 0 spiro atoms. The minimum absolute atomic E-state index is 0.0288. The van der Waals surface area contributed by atoms with Gasteiger partial charge in [-0.1, -0.05) is 202 Å². The Bertz CT molecular complexity index is 4410. The second kappa shape index (κ2) is 38.2. The standard InChI is InChI=1S/C83H93N11O15/c1-52(2)74(79(105)87-49-73(99)100)92-75(101)53(3)88-77(103)67(48-55-50-94(81(107)109-82(4,5)6)68-38-24-23-33-59(55)68)91-76(102)65(39-40-72(98)93-83(56-27-13-8-14-28-56,57-29-15-9-16-30-57)58-31-17-10-18-32-58)90-78(104)66(47-54-25-11-7-12-26-54)89-71(97)43-45-85-69(95)41-44-84-70(96)42-46-86-80(106)108-51-64-62-36-21-19-34-60(62)61-35-20-22-37-63(61)64/h7-38,50,52-53,64-67,74H,39-49,51H2,1-6H3,(H,84,96)(H,85,95)(H,86,106)(H,87,105)(H,88,103)(H,89,97)(H,90,104)(H,91,102)(H,92,101)(H,93,98)(H,99,100)/t53-,65-,66+,67-,74-/m0/s1. The Labute approximate surface area is 632 Å².